The Bertz CT molecular complexity index is 1210. The summed E-state index contributed by atoms with van der Waals surface area (Å²) in [5.41, 5.74) is 3.50. The minimum absolute atomic E-state index is 0.0948. The summed E-state index contributed by atoms with van der Waals surface area (Å²) >= 11 is 0. The van der Waals surface area contributed by atoms with Crippen LogP contribution in [0.4, 0.5) is 11.5 Å². The van der Waals surface area contributed by atoms with Gasteiger partial charge in [-0.05, 0) is 50.1 Å². The van der Waals surface area contributed by atoms with Gasteiger partial charge in [-0.1, -0.05) is 0 Å². The van der Waals surface area contributed by atoms with E-state index in [4.69, 9.17) is 14.5 Å². The first-order chi connectivity index (χ1) is 16.5. The molecule has 2 aliphatic heterocycles. The fraction of sp³-hybridized carbons (Fsp3) is 0.360. The smallest absolute Gasteiger partial charge is 0.260 e. The average molecular weight is 462 g/mol. The molecule has 0 spiro atoms. The second-order valence-corrected chi connectivity index (χ2v) is 8.51. The van der Waals surface area contributed by atoms with Crippen LogP contribution in [0.1, 0.15) is 41.9 Å². The number of fused-ring (bicyclic) bond motifs is 1. The minimum atomic E-state index is -0.242. The summed E-state index contributed by atoms with van der Waals surface area (Å²) in [4.78, 5) is 30.8. The summed E-state index contributed by atoms with van der Waals surface area (Å²) in [7, 11) is 3.10. The maximum absolute atomic E-state index is 13.2. The summed E-state index contributed by atoms with van der Waals surface area (Å²) < 4.78 is 10.6. The third-order valence-corrected chi connectivity index (χ3v) is 6.48. The molecule has 0 bridgehead atoms. The van der Waals surface area contributed by atoms with E-state index in [1.54, 1.807) is 31.5 Å². The summed E-state index contributed by atoms with van der Waals surface area (Å²) in [5, 5.41) is 9.74. The molecule has 9 heteroatoms. The zero-order valence-electron chi connectivity index (χ0n) is 19.4. The summed E-state index contributed by atoms with van der Waals surface area (Å²) in [5.74, 6) is 1.68. The fourth-order valence-corrected chi connectivity index (χ4v) is 4.58. The normalized spacial score (nSPS) is 18.2. The highest BCUT2D eigenvalue weighted by Crippen LogP contribution is 2.38. The maximum Gasteiger partial charge on any atom is 0.260 e. The van der Waals surface area contributed by atoms with E-state index in [0.29, 0.717) is 28.6 Å². The van der Waals surface area contributed by atoms with Gasteiger partial charge in [0, 0.05) is 24.8 Å². The Labute approximate surface area is 198 Å². The van der Waals surface area contributed by atoms with Crippen LogP contribution in [-0.4, -0.2) is 59.4 Å². The molecule has 3 aromatic heterocycles. The van der Waals surface area contributed by atoms with E-state index in [2.05, 4.69) is 14.9 Å². The number of hydrogen-bond donors (Lipinski definition) is 1. The van der Waals surface area contributed by atoms with Gasteiger partial charge in [-0.3, -0.25) is 9.69 Å². The predicted octanol–water partition coefficient (Wildman–Crippen LogP) is 3.24. The molecule has 0 radical (unpaired) electrons. The summed E-state index contributed by atoms with van der Waals surface area (Å²) in [6, 6.07) is 9.07. The number of amides is 1. The van der Waals surface area contributed by atoms with Crippen molar-refractivity contribution in [2.24, 2.45) is 0 Å². The quantitative estimate of drug-likeness (QED) is 0.618. The van der Waals surface area contributed by atoms with Crippen molar-refractivity contribution >= 4 is 17.4 Å². The highest BCUT2D eigenvalue weighted by Gasteiger charge is 2.37. The Balaban J connectivity index is 1.40. The largest absolute Gasteiger partial charge is 0.491 e. The van der Waals surface area contributed by atoms with Crippen molar-refractivity contribution in [1.29, 1.82) is 0 Å². The van der Waals surface area contributed by atoms with Crippen LogP contribution in [0.3, 0.4) is 0 Å². The third kappa shape index (κ3) is 3.81. The number of anilines is 2. The van der Waals surface area contributed by atoms with Gasteiger partial charge in [0.1, 0.15) is 5.82 Å². The highest BCUT2D eigenvalue weighted by atomic mass is 16.5. The van der Waals surface area contributed by atoms with Crippen LogP contribution in [0.15, 0.2) is 42.7 Å². The van der Waals surface area contributed by atoms with Gasteiger partial charge in [-0.2, -0.15) is 0 Å². The number of carbonyl (C=O) groups excluding carboxylic acids is 1. The van der Waals surface area contributed by atoms with Crippen molar-refractivity contribution in [2.45, 2.75) is 31.9 Å². The Kier molecular flexibility index (Phi) is 5.79. The minimum Gasteiger partial charge on any atom is -0.491 e. The van der Waals surface area contributed by atoms with Crippen LogP contribution in [0.2, 0.25) is 0 Å². The number of nitrogens with zero attached hydrogens (tertiary/aromatic N) is 5. The molecule has 9 nitrogen and oxygen atoms in total. The van der Waals surface area contributed by atoms with Gasteiger partial charge in [0.05, 0.1) is 55.2 Å². The second kappa shape index (κ2) is 8.90. The Morgan fingerprint density at radius 3 is 2.50 bits per heavy atom. The van der Waals surface area contributed by atoms with E-state index < -0.39 is 0 Å². The summed E-state index contributed by atoms with van der Waals surface area (Å²) in [6.45, 7) is 3.51. The lowest BCUT2D eigenvalue weighted by atomic mass is 10.1. The van der Waals surface area contributed by atoms with Gasteiger partial charge < -0.3 is 19.5 Å². The van der Waals surface area contributed by atoms with Crippen molar-refractivity contribution in [3.63, 3.8) is 0 Å². The van der Waals surface area contributed by atoms with Crippen LogP contribution in [-0.2, 0) is 0 Å². The lowest BCUT2D eigenvalue weighted by Crippen LogP contribution is -2.36. The molecule has 1 saturated heterocycles. The van der Waals surface area contributed by atoms with Gasteiger partial charge >= 0.3 is 0 Å². The lowest BCUT2D eigenvalue weighted by Gasteiger charge is -2.31. The standard InChI is InChI=1S/C25H27N5O4/c1-15-23-19(5-6-20(28-23)16-12-21(33-2)24(34-3)27-13-16)25(32)30(15)17-4-7-22(26-14-17)29-10-8-18(31)9-11-29/h4-7,12-15,18,31H,8-11H2,1-3H3. The second-order valence-electron chi connectivity index (χ2n) is 8.51. The molecule has 0 aromatic carbocycles. The van der Waals surface area contributed by atoms with E-state index >= 15 is 0 Å². The molecule has 34 heavy (non-hydrogen) atoms. The van der Waals surface area contributed by atoms with Crippen molar-refractivity contribution in [3.8, 4) is 22.9 Å². The number of pyridine rings is 3. The molecule has 0 saturated carbocycles. The SMILES string of the molecule is COc1cc(-c2ccc3c(n2)C(C)N(c2ccc(N4CCC(O)CC4)nc2)C3=O)cnc1OC. The van der Waals surface area contributed by atoms with Gasteiger partial charge in [-0.25, -0.2) is 15.0 Å². The highest BCUT2D eigenvalue weighted by molar-refractivity contribution is 6.10. The first-order valence-electron chi connectivity index (χ1n) is 11.3. The molecular weight excluding hydrogens is 434 g/mol. The predicted molar refractivity (Wildman–Crippen MR) is 127 cm³/mol. The molecule has 1 unspecified atom stereocenters. The molecule has 5 rings (SSSR count). The molecule has 176 valence electrons. The van der Waals surface area contributed by atoms with Crippen LogP contribution >= 0.6 is 0 Å². The molecule has 1 N–H and O–H groups in total. The fourth-order valence-electron chi connectivity index (χ4n) is 4.58. The van der Waals surface area contributed by atoms with Crippen molar-refractivity contribution in [1.82, 2.24) is 15.0 Å². The first-order valence-corrected chi connectivity index (χ1v) is 11.3. The van der Waals surface area contributed by atoms with E-state index in [9.17, 15) is 9.90 Å². The molecule has 1 fully saturated rings. The lowest BCUT2D eigenvalue weighted by molar-refractivity contribution is 0.0992. The van der Waals surface area contributed by atoms with E-state index in [-0.39, 0.29) is 18.1 Å². The number of methoxy groups -OCH3 is 2. The number of ether oxygens (including phenoxy) is 2. The molecule has 5 heterocycles. The van der Waals surface area contributed by atoms with Gasteiger partial charge in [0.15, 0.2) is 5.75 Å². The van der Waals surface area contributed by atoms with Crippen molar-refractivity contribution < 1.29 is 19.4 Å². The monoisotopic (exact) mass is 461 g/mol. The Hall–Kier alpha value is -3.72. The number of hydrogen-bond acceptors (Lipinski definition) is 8. The summed E-state index contributed by atoms with van der Waals surface area (Å²) in [6.07, 6.45) is 4.66. The number of rotatable bonds is 5. The number of aliphatic hydroxyl groups is 1. The number of carbonyl (C=O) groups is 1. The topological polar surface area (TPSA) is 101 Å². The maximum atomic E-state index is 13.2. The number of aromatic nitrogens is 3. The zero-order valence-corrected chi connectivity index (χ0v) is 19.4. The molecule has 2 aliphatic rings. The molecular formula is C25H27N5O4. The van der Waals surface area contributed by atoms with Gasteiger partial charge in [-0.15, -0.1) is 0 Å². The van der Waals surface area contributed by atoms with Crippen LogP contribution in [0, 0.1) is 0 Å². The number of aliphatic hydroxyl groups excluding tert-OH is 1. The Morgan fingerprint density at radius 1 is 1.03 bits per heavy atom. The number of piperidine rings is 1. The van der Waals surface area contributed by atoms with Crippen LogP contribution in [0.25, 0.3) is 11.3 Å². The molecule has 1 amide bonds. The Morgan fingerprint density at radius 2 is 1.82 bits per heavy atom. The molecule has 0 aliphatic carbocycles. The van der Waals surface area contributed by atoms with E-state index in [0.717, 1.165) is 43.0 Å². The third-order valence-electron chi connectivity index (χ3n) is 6.48. The van der Waals surface area contributed by atoms with Crippen molar-refractivity contribution in [2.75, 3.05) is 37.1 Å². The van der Waals surface area contributed by atoms with E-state index in [1.807, 2.05) is 37.3 Å². The zero-order chi connectivity index (χ0) is 23.8. The van der Waals surface area contributed by atoms with Gasteiger partial charge in [0.2, 0.25) is 0 Å². The molecule has 1 atom stereocenters. The van der Waals surface area contributed by atoms with E-state index in [1.165, 1.54) is 0 Å². The average Bonchev–Trinajstić information content (AvgIpc) is 3.13. The first kappa shape index (κ1) is 22.1. The van der Waals surface area contributed by atoms with Crippen LogP contribution in [0.5, 0.6) is 11.6 Å². The van der Waals surface area contributed by atoms with Crippen molar-refractivity contribution in [3.05, 3.63) is 54.0 Å². The van der Waals surface area contributed by atoms with Gasteiger partial charge in [0.25, 0.3) is 11.8 Å². The van der Waals surface area contributed by atoms with Crippen LogP contribution < -0.4 is 19.3 Å². The molecule has 3 aromatic rings.